The molecule has 1 aliphatic rings. The fourth-order valence-corrected chi connectivity index (χ4v) is 3.25. The van der Waals surface area contributed by atoms with Gasteiger partial charge in [0.05, 0.1) is 0 Å². The third-order valence-electron chi connectivity index (χ3n) is 3.76. The molecule has 2 amide bonds. The van der Waals surface area contributed by atoms with Crippen LogP contribution in [0.4, 0.5) is 5.13 Å². The maximum atomic E-state index is 12.2. The first-order chi connectivity index (χ1) is 10.1. The van der Waals surface area contributed by atoms with Crippen molar-refractivity contribution < 1.29 is 9.59 Å². The van der Waals surface area contributed by atoms with E-state index in [0.717, 1.165) is 30.8 Å². The maximum Gasteiger partial charge on any atom is 0.226 e. The third kappa shape index (κ3) is 4.49. The maximum absolute atomic E-state index is 12.2. The molecule has 116 valence electrons. The molecule has 0 aliphatic carbocycles. The van der Waals surface area contributed by atoms with Crippen molar-refractivity contribution in [2.45, 2.75) is 58.4 Å². The number of hydrogen-bond acceptors (Lipinski definition) is 5. The Hall–Kier alpha value is -1.50. The molecule has 7 heteroatoms. The van der Waals surface area contributed by atoms with E-state index < -0.39 is 0 Å². The van der Waals surface area contributed by atoms with Gasteiger partial charge in [-0.05, 0) is 32.6 Å². The second-order valence-electron chi connectivity index (χ2n) is 5.32. The molecule has 2 rings (SSSR count). The topological polar surface area (TPSA) is 75.2 Å². The van der Waals surface area contributed by atoms with Crippen LogP contribution < -0.4 is 5.32 Å². The van der Waals surface area contributed by atoms with Crippen molar-refractivity contribution in [3.63, 3.8) is 0 Å². The lowest BCUT2D eigenvalue weighted by Crippen LogP contribution is -2.43. The fraction of sp³-hybridized carbons (Fsp3) is 0.714. The Morgan fingerprint density at radius 1 is 1.33 bits per heavy atom. The Morgan fingerprint density at radius 3 is 2.81 bits per heavy atom. The highest BCUT2D eigenvalue weighted by atomic mass is 32.1. The number of nitrogens with one attached hydrogen (secondary N) is 1. The summed E-state index contributed by atoms with van der Waals surface area (Å²) in [5, 5.41) is 11.7. The van der Waals surface area contributed by atoms with Crippen LogP contribution in [0.5, 0.6) is 0 Å². The number of aromatic nitrogens is 2. The van der Waals surface area contributed by atoms with Crippen molar-refractivity contribution in [1.29, 1.82) is 0 Å². The summed E-state index contributed by atoms with van der Waals surface area (Å²) in [5.41, 5.74) is 0. The summed E-state index contributed by atoms with van der Waals surface area (Å²) < 4.78 is 0. The van der Waals surface area contributed by atoms with E-state index in [2.05, 4.69) is 22.4 Å². The second-order valence-corrected chi connectivity index (χ2v) is 6.50. The SMILES string of the molecule is CCC1CCCCN1C(=O)CCC(=O)Nc1nnc(C)s1. The zero-order chi connectivity index (χ0) is 15.2. The number of aryl methyl sites for hydroxylation is 1. The minimum absolute atomic E-state index is 0.0881. The first-order valence-corrected chi connectivity index (χ1v) is 8.31. The predicted octanol–water partition coefficient (Wildman–Crippen LogP) is 2.36. The van der Waals surface area contributed by atoms with Gasteiger partial charge in [0.25, 0.3) is 0 Å². The molecule has 0 spiro atoms. The molecule has 0 radical (unpaired) electrons. The molecule has 1 fully saturated rings. The lowest BCUT2D eigenvalue weighted by molar-refractivity contribution is -0.136. The number of piperidine rings is 1. The molecular formula is C14H22N4O2S. The van der Waals surface area contributed by atoms with Gasteiger partial charge < -0.3 is 10.2 Å². The number of likely N-dealkylation sites (tertiary alicyclic amines) is 1. The fourth-order valence-electron chi connectivity index (χ4n) is 2.65. The molecular weight excluding hydrogens is 288 g/mol. The third-order valence-corrected chi connectivity index (χ3v) is 4.51. The summed E-state index contributed by atoms with van der Waals surface area (Å²) in [7, 11) is 0. The molecule has 1 aromatic heterocycles. The van der Waals surface area contributed by atoms with Gasteiger partial charge in [0, 0.05) is 25.4 Å². The molecule has 0 saturated carbocycles. The van der Waals surface area contributed by atoms with Crippen LogP contribution in [0.15, 0.2) is 0 Å². The van der Waals surface area contributed by atoms with Gasteiger partial charge in [-0.1, -0.05) is 18.3 Å². The van der Waals surface area contributed by atoms with Gasteiger partial charge >= 0.3 is 0 Å². The van der Waals surface area contributed by atoms with E-state index in [1.54, 1.807) is 0 Å². The Kier molecular flexibility index (Phi) is 5.67. The van der Waals surface area contributed by atoms with Crippen LogP contribution in [0, 0.1) is 6.92 Å². The summed E-state index contributed by atoms with van der Waals surface area (Å²) >= 11 is 1.33. The lowest BCUT2D eigenvalue weighted by Gasteiger charge is -2.35. The van der Waals surface area contributed by atoms with Crippen LogP contribution >= 0.6 is 11.3 Å². The van der Waals surface area contributed by atoms with Crippen LogP contribution in [-0.4, -0.2) is 39.5 Å². The van der Waals surface area contributed by atoms with E-state index in [4.69, 9.17) is 0 Å². The second kappa shape index (κ2) is 7.49. The van der Waals surface area contributed by atoms with Crippen molar-refractivity contribution in [2.75, 3.05) is 11.9 Å². The van der Waals surface area contributed by atoms with E-state index in [-0.39, 0.29) is 24.7 Å². The molecule has 1 unspecified atom stereocenters. The van der Waals surface area contributed by atoms with Crippen molar-refractivity contribution >= 4 is 28.3 Å². The van der Waals surface area contributed by atoms with Gasteiger partial charge in [-0.25, -0.2) is 0 Å². The normalized spacial score (nSPS) is 18.6. The lowest BCUT2D eigenvalue weighted by atomic mass is 9.99. The number of anilines is 1. The van der Waals surface area contributed by atoms with Gasteiger partial charge in [-0.15, -0.1) is 10.2 Å². The molecule has 21 heavy (non-hydrogen) atoms. The molecule has 0 bridgehead atoms. The number of carbonyl (C=O) groups is 2. The number of carbonyl (C=O) groups excluding carboxylic acids is 2. The highest BCUT2D eigenvalue weighted by Gasteiger charge is 2.25. The van der Waals surface area contributed by atoms with Crippen LogP contribution in [0.3, 0.4) is 0 Å². The standard InChI is InChI=1S/C14H22N4O2S/c1-3-11-6-4-5-9-18(11)13(20)8-7-12(19)15-14-17-16-10(2)21-14/h11H,3-9H2,1-2H3,(H,15,17,19). The zero-order valence-electron chi connectivity index (χ0n) is 12.6. The Labute approximate surface area is 128 Å². The molecule has 1 aliphatic heterocycles. The summed E-state index contributed by atoms with van der Waals surface area (Å²) in [4.78, 5) is 26.0. The molecule has 1 N–H and O–H groups in total. The summed E-state index contributed by atoms with van der Waals surface area (Å²) in [6.45, 7) is 4.77. The highest BCUT2D eigenvalue weighted by molar-refractivity contribution is 7.15. The minimum Gasteiger partial charge on any atom is -0.340 e. The molecule has 1 atom stereocenters. The van der Waals surface area contributed by atoms with Crippen LogP contribution in [0.1, 0.15) is 50.5 Å². The van der Waals surface area contributed by atoms with Gasteiger partial charge in [-0.2, -0.15) is 0 Å². The Balaban J connectivity index is 1.78. The zero-order valence-corrected chi connectivity index (χ0v) is 13.4. The van der Waals surface area contributed by atoms with Gasteiger partial charge in [0.2, 0.25) is 16.9 Å². The average molecular weight is 310 g/mol. The van der Waals surface area contributed by atoms with Crippen molar-refractivity contribution in [2.24, 2.45) is 0 Å². The average Bonchev–Trinajstić information content (AvgIpc) is 2.89. The van der Waals surface area contributed by atoms with Crippen molar-refractivity contribution in [1.82, 2.24) is 15.1 Å². The van der Waals surface area contributed by atoms with Crippen LogP contribution in [0.25, 0.3) is 0 Å². The number of rotatable bonds is 5. The predicted molar refractivity (Wildman–Crippen MR) is 82.2 cm³/mol. The molecule has 6 nitrogen and oxygen atoms in total. The van der Waals surface area contributed by atoms with E-state index in [0.29, 0.717) is 11.2 Å². The van der Waals surface area contributed by atoms with E-state index >= 15 is 0 Å². The molecule has 2 heterocycles. The van der Waals surface area contributed by atoms with Crippen molar-refractivity contribution in [3.05, 3.63) is 5.01 Å². The summed E-state index contributed by atoms with van der Waals surface area (Å²) in [5.74, 6) is -0.0882. The highest BCUT2D eigenvalue weighted by Crippen LogP contribution is 2.21. The van der Waals surface area contributed by atoms with Crippen LogP contribution in [0.2, 0.25) is 0 Å². The summed E-state index contributed by atoms with van der Waals surface area (Å²) in [6, 6.07) is 0.347. The smallest absolute Gasteiger partial charge is 0.226 e. The largest absolute Gasteiger partial charge is 0.340 e. The molecule has 0 aromatic carbocycles. The molecule has 1 aromatic rings. The van der Waals surface area contributed by atoms with Crippen LogP contribution in [-0.2, 0) is 9.59 Å². The van der Waals surface area contributed by atoms with Gasteiger partial charge in [0.1, 0.15) is 5.01 Å². The Morgan fingerprint density at radius 2 is 2.14 bits per heavy atom. The quantitative estimate of drug-likeness (QED) is 0.906. The number of nitrogens with zero attached hydrogens (tertiary/aromatic N) is 3. The van der Waals surface area contributed by atoms with E-state index in [1.807, 2.05) is 11.8 Å². The molecule has 1 saturated heterocycles. The van der Waals surface area contributed by atoms with E-state index in [9.17, 15) is 9.59 Å². The van der Waals surface area contributed by atoms with Crippen molar-refractivity contribution in [3.8, 4) is 0 Å². The monoisotopic (exact) mass is 310 g/mol. The van der Waals surface area contributed by atoms with Gasteiger partial charge in [-0.3, -0.25) is 9.59 Å². The first kappa shape index (κ1) is 15.9. The van der Waals surface area contributed by atoms with Gasteiger partial charge in [0.15, 0.2) is 0 Å². The minimum atomic E-state index is -0.176. The Bertz CT molecular complexity index is 503. The summed E-state index contributed by atoms with van der Waals surface area (Å²) in [6.07, 6.45) is 4.79. The first-order valence-electron chi connectivity index (χ1n) is 7.49. The van der Waals surface area contributed by atoms with E-state index in [1.165, 1.54) is 17.8 Å². The number of hydrogen-bond donors (Lipinski definition) is 1. The number of amides is 2.